The molecule has 0 atom stereocenters. The molecule has 1 amide bonds. The van der Waals surface area contributed by atoms with Crippen LogP contribution in [0.2, 0.25) is 0 Å². The highest BCUT2D eigenvalue weighted by Gasteiger charge is 2.15. The van der Waals surface area contributed by atoms with Crippen molar-refractivity contribution in [1.82, 2.24) is 10.6 Å². The van der Waals surface area contributed by atoms with Crippen LogP contribution in [-0.2, 0) is 17.6 Å². The number of carbonyl (C=O) groups excluding carboxylic acids is 1. The summed E-state index contributed by atoms with van der Waals surface area (Å²) < 4.78 is 45.2. The standard InChI is InChI=1S/C20H21F3N4O2.HI/c1-24-20(25-8-6-12-2-5-16-13(10-12)7-9-29-16)26-11-17(28)27-15-4-3-14(21)18(22)19(15)23;/h2-5,10H,6-9,11H2,1H3,(H,27,28)(H2,24,25,26);1H. The summed E-state index contributed by atoms with van der Waals surface area (Å²) in [5, 5.41) is 8.04. The third-order valence-corrected chi connectivity index (χ3v) is 4.41. The van der Waals surface area contributed by atoms with Crippen LogP contribution >= 0.6 is 24.0 Å². The Bertz CT molecular complexity index is 941. The molecule has 30 heavy (non-hydrogen) atoms. The first-order valence-corrected chi connectivity index (χ1v) is 9.10. The number of ether oxygens (including phenoxy) is 1. The number of aliphatic imine (C=N–C) groups is 1. The number of hydrogen-bond donors (Lipinski definition) is 3. The molecule has 10 heteroatoms. The molecule has 1 aliphatic rings. The van der Waals surface area contributed by atoms with E-state index >= 15 is 0 Å². The van der Waals surface area contributed by atoms with Crippen LogP contribution in [0.1, 0.15) is 11.1 Å². The number of amides is 1. The average molecular weight is 534 g/mol. The van der Waals surface area contributed by atoms with E-state index in [9.17, 15) is 18.0 Å². The van der Waals surface area contributed by atoms with Gasteiger partial charge in [0.1, 0.15) is 5.75 Å². The molecular formula is C20H22F3IN4O2. The van der Waals surface area contributed by atoms with E-state index in [1.807, 2.05) is 12.1 Å². The van der Waals surface area contributed by atoms with Crippen LogP contribution in [0.4, 0.5) is 18.9 Å². The van der Waals surface area contributed by atoms with E-state index in [0.717, 1.165) is 36.3 Å². The topological polar surface area (TPSA) is 74.8 Å². The van der Waals surface area contributed by atoms with Gasteiger partial charge >= 0.3 is 0 Å². The Balaban J connectivity index is 0.00000320. The first-order valence-electron chi connectivity index (χ1n) is 9.10. The lowest BCUT2D eigenvalue weighted by Crippen LogP contribution is -2.42. The molecular weight excluding hydrogens is 512 g/mol. The van der Waals surface area contributed by atoms with E-state index in [1.165, 1.54) is 5.56 Å². The van der Waals surface area contributed by atoms with Crippen LogP contribution in [0, 0.1) is 17.5 Å². The fourth-order valence-electron chi connectivity index (χ4n) is 2.92. The SMILES string of the molecule is CN=C(NCCc1ccc2c(c1)CCO2)NCC(=O)Nc1ccc(F)c(F)c1F.I. The number of benzene rings is 2. The molecule has 162 valence electrons. The number of fused-ring (bicyclic) bond motifs is 1. The summed E-state index contributed by atoms with van der Waals surface area (Å²) in [5.74, 6) is -3.71. The van der Waals surface area contributed by atoms with Crippen molar-refractivity contribution in [2.24, 2.45) is 4.99 Å². The molecule has 0 fully saturated rings. The van der Waals surface area contributed by atoms with Crippen molar-refractivity contribution in [3.05, 3.63) is 58.9 Å². The monoisotopic (exact) mass is 534 g/mol. The van der Waals surface area contributed by atoms with Gasteiger partial charge in [-0.2, -0.15) is 0 Å². The van der Waals surface area contributed by atoms with Crippen LogP contribution in [0.25, 0.3) is 0 Å². The number of nitrogens with zero attached hydrogens (tertiary/aromatic N) is 1. The van der Waals surface area contributed by atoms with Crippen molar-refractivity contribution in [3.63, 3.8) is 0 Å². The van der Waals surface area contributed by atoms with Gasteiger partial charge in [-0.05, 0) is 35.7 Å². The number of guanidine groups is 1. The van der Waals surface area contributed by atoms with Crippen molar-refractivity contribution >= 4 is 41.5 Å². The Hall–Kier alpha value is -2.50. The second-order valence-electron chi connectivity index (χ2n) is 6.41. The highest BCUT2D eigenvalue weighted by molar-refractivity contribution is 14.0. The van der Waals surface area contributed by atoms with Crippen LogP contribution in [-0.4, -0.2) is 38.6 Å². The zero-order valence-electron chi connectivity index (χ0n) is 16.2. The summed E-state index contributed by atoms with van der Waals surface area (Å²) in [6.07, 6.45) is 1.66. The average Bonchev–Trinajstić information content (AvgIpc) is 3.19. The van der Waals surface area contributed by atoms with Gasteiger partial charge in [-0.15, -0.1) is 24.0 Å². The van der Waals surface area contributed by atoms with Crippen molar-refractivity contribution in [1.29, 1.82) is 0 Å². The number of anilines is 1. The Labute approximate surface area is 189 Å². The van der Waals surface area contributed by atoms with Crippen LogP contribution in [0.5, 0.6) is 5.75 Å². The largest absolute Gasteiger partial charge is 0.493 e. The molecule has 0 aliphatic carbocycles. The van der Waals surface area contributed by atoms with E-state index in [4.69, 9.17) is 4.74 Å². The van der Waals surface area contributed by atoms with Crippen LogP contribution < -0.4 is 20.7 Å². The molecule has 0 aromatic heterocycles. The zero-order chi connectivity index (χ0) is 20.8. The summed E-state index contributed by atoms with van der Waals surface area (Å²) in [4.78, 5) is 15.9. The van der Waals surface area contributed by atoms with Gasteiger partial charge in [0.25, 0.3) is 0 Å². The highest BCUT2D eigenvalue weighted by atomic mass is 127. The first kappa shape index (κ1) is 23.8. The summed E-state index contributed by atoms with van der Waals surface area (Å²) >= 11 is 0. The number of hydrogen-bond acceptors (Lipinski definition) is 3. The van der Waals surface area contributed by atoms with Crippen LogP contribution in [0.3, 0.4) is 0 Å². The third-order valence-electron chi connectivity index (χ3n) is 4.41. The normalized spacial score (nSPS) is 12.5. The molecule has 3 rings (SSSR count). The molecule has 0 radical (unpaired) electrons. The van der Waals surface area contributed by atoms with E-state index in [0.29, 0.717) is 19.1 Å². The minimum atomic E-state index is -1.63. The summed E-state index contributed by atoms with van der Waals surface area (Å²) in [5.41, 5.74) is 1.93. The predicted molar refractivity (Wildman–Crippen MR) is 119 cm³/mol. The molecule has 6 nitrogen and oxygen atoms in total. The van der Waals surface area contributed by atoms with Crippen LogP contribution in [0.15, 0.2) is 35.3 Å². The van der Waals surface area contributed by atoms with E-state index < -0.39 is 29.0 Å². The van der Waals surface area contributed by atoms with E-state index in [1.54, 1.807) is 7.05 Å². The molecule has 1 heterocycles. The maximum Gasteiger partial charge on any atom is 0.243 e. The van der Waals surface area contributed by atoms with Gasteiger partial charge in [0, 0.05) is 20.0 Å². The predicted octanol–water partition coefficient (Wildman–Crippen LogP) is 3.00. The van der Waals surface area contributed by atoms with Gasteiger partial charge in [-0.3, -0.25) is 9.79 Å². The smallest absolute Gasteiger partial charge is 0.243 e. The van der Waals surface area contributed by atoms with Crippen molar-refractivity contribution < 1.29 is 22.7 Å². The number of halogens is 4. The highest BCUT2D eigenvalue weighted by Crippen LogP contribution is 2.25. The molecule has 3 N–H and O–H groups in total. The first-order chi connectivity index (χ1) is 14.0. The molecule has 1 aliphatic heterocycles. The second kappa shape index (κ2) is 11.0. The van der Waals surface area contributed by atoms with Gasteiger partial charge < -0.3 is 20.7 Å². The summed E-state index contributed by atoms with van der Waals surface area (Å²) in [6, 6.07) is 7.79. The minimum Gasteiger partial charge on any atom is -0.493 e. The number of nitrogens with one attached hydrogen (secondary N) is 3. The fourth-order valence-corrected chi connectivity index (χ4v) is 2.92. The molecule has 0 saturated carbocycles. The molecule has 2 aromatic carbocycles. The van der Waals surface area contributed by atoms with Gasteiger partial charge in [0.05, 0.1) is 18.8 Å². The Morgan fingerprint density at radius 3 is 2.70 bits per heavy atom. The van der Waals surface area contributed by atoms with Crippen molar-refractivity contribution in [2.45, 2.75) is 12.8 Å². The lowest BCUT2D eigenvalue weighted by atomic mass is 10.1. The molecule has 0 spiro atoms. The maximum absolute atomic E-state index is 13.6. The molecule has 2 aromatic rings. The van der Waals surface area contributed by atoms with Gasteiger partial charge in [0.2, 0.25) is 5.91 Å². The minimum absolute atomic E-state index is 0. The third kappa shape index (κ3) is 6.00. The Kier molecular flexibility index (Phi) is 8.75. The fraction of sp³-hybridized carbons (Fsp3) is 0.300. The number of carbonyl (C=O) groups is 1. The van der Waals surface area contributed by atoms with Gasteiger partial charge in [0.15, 0.2) is 23.4 Å². The second-order valence-corrected chi connectivity index (χ2v) is 6.41. The van der Waals surface area contributed by atoms with Gasteiger partial charge in [-0.1, -0.05) is 12.1 Å². The Morgan fingerprint density at radius 1 is 1.13 bits per heavy atom. The Morgan fingerprint density at radius 2 is 1.93 bits per heavy atom. The van der Waals surface area contributed by atoms with Gasteiger partial charge in [-0.25, -0.2) is 13.2 Å². The quantitative estimate of drug-likeness (QED) is 0.231. The molecule has 0 bridgehead atoms. The summed E-state index contributed by atoms with van der Waals surface area (Å²) in [6.45, 7) is 1.07. The summed E-state index contributed by atoms with van der Waals surface area (Å²) in [7, 11) is 1.55. The van der Waals surface area contributed by atoms with E-state index in [2.05, 4.69) is 27.0 Å². The number of rotatable bonds is 6. The zero-order valence-corrected chi connectivity index (χ0v) is 18.6. The van der Waals surface area contributed by atoms with Crippen molar-refractivity contribution in [3.8, 4) is 5.75 Å². The van der Waals surface area contributed by atoms with E-state index in [-0.39, 0.29) is 30.5 Å². The van der Waals surface area contributed by atoms with Crippen molar-refractivity contribution in [2.75, 3.05) is 32.1 Å². The molecule has 0 unspecified atom stereocenters. The molecule has 0 saturated heterocycles. The maximum atomic E-state index is 13.6. The lowest BCUT2D eigenvalue weighted by molar-refractivity contribution is -0.115. The lowest BCUT2D eigenvalue weighted by Gasteiger charge is -2.13.